The molecule has 1 fully saturated rings. The Balaban J connectivity index is 1.84. The van der Waals surface area contributed by atoms with Crippen molar-refractivity contribution in [1.29, 1.82) is 0 Å². The summed E-state index contributed by atoms with van der Waals surface area (Å²) in [5, 5.41) is 0.379. The molecule has 22 heavy (non-hydrogen) atoms. The van der Waals surface area contributed by atoms with E-state index in [0.29, 0.717) is 18.2 Å². The number of thiazole rings is 1. The van der Waals surface area contributed by atoms with Crippen molar-refractivity contribution in [1.82, 2.24) is 19.9 Å². The maximum Gasteiger partial charge on any atom is 0.435 e. The number of rotatable bonds is 2. The predicted molar refractivity (Wildman–Crippen MR) is 81.0 cm³/mol. The molecule has 1 atom stereocenters. The quantitative estimate of drug-likeness (QED) is 0.848. The molecule has 1 N–H and O–H groups in total. The summed E-state index contributed by atoms with van der Waals surface area (Å²) >= 11 is 3.98. The Bertz CT molecular complexity index is 642. The van der Waals surface area contributed by atoms with Crippen LogP contribution in [0.5, 0.6) is 0 Å². The van der Waals surface area contributed by atoms with Crippen LogP contribution >= 0.6 is 27.3 Å². The molecule has 2 aromatic heterocycles. The first kappa shape index (κ1) is 15.8. The summed E-state index contributed by atoms with van der Waals surface area (Å²) in [4.78, 5) is 15.1. The van der Waals surface area contributed by atoms with Gasteiger partial charge in [0.15, 0.2) is 10.8 Å². The van der Waals surface area contributed by atoms with Gasteiger partial charge < -0.3 is 9.88 Å². The fourth-order valence-electron chi connectivity index (χ4n) is 2.40. The fraction of sp³-hybridized carbons (Fsp3) is 0.500. The highest BCUT2D eigenvalue weighted by Gasteiger charge is 2.38. The van der Waals surface area contributed by atoms with E-state index in [2.05, 4.69) is 35.8 Å². The Hall–Kier alpha value is -1.13. The Morgan fingerprint density at radius 2 is 2.18 bits per heavy atom. The standard InChI is InChI=1S/C12H13BrF3N5S/c1-20-4-5-21(6-7(20)10-17-2-3-18-10)11-19-8(9(13)22-11)12(14,15)16/h2-3,7H,4-6H2,1H3,(H,17,18). The molecule has 1 aliphatic heterocycles. The normalized spacial score (nSPS) is 20.6. The van der Waals surface area contributed by atoms with Crippen LogP contribution in [0, 0.1) is 0 Å². The number of imidazole rings is 1. The summed E-state index contributed by atoms with van der Waals surface area (Å²) < 4.78 is 38.6. The number of aromatic amines is 1. The van der Waals surface area contributed by atoms with E-state index < -0.39 is 11.9 Å². The minimum atomic E-state index is -4.44. The predicted octanol–water partition coefficient (Wildman–Crippen LogP) is 3.14. The topological polar surface area (TPSA) is 48.1 Å². The first-order chi connectivity index (χ1) is 10.4. The molecule has 1 saturated heterocycles. The molecule has 0 aromatic carbocycles. The summed E-state index contributed by atoms with van der Waals surface area (Å²) in [6.45, 7) is 1.90. The molecule has 10 heteroatoms. The van der Waals surface area contributed by atoms with Crippen LogP contribution in [0.1, 0.15) is 17.6 Å². The van der Waals surface area contributed by atoms with Crippen LogP contribution in [0.2, 0.25) is 0 Å². The van der Waals surface area contributed by atoms with Crippen molar-refractivity contribution in [3.05, 3.63) is 27.7 Å². The lowest BCUT2D eigenvalue weighted by Crippen LogP contribution is -2.47. The maximum atomic E-state index is 12.9. The lowest BCUT2D eigenvalue weighted by molar-refractivity contribution is -0.141. The first-order valence-corrected chi connectivity index (χ1v) is 8.15. The van der Waals surface area contributed by atoms with E-state index in [1.165, 1.54) is 0 Å². The monoisotopic (exact) mass is 395 g/mol. The Labute approximate surface area is 137 Å². The van der Waals surface area contributed by atoms with E-state index in [-0.39, 0.29) is 9.83 Å². The van der Waals surface area contributed by atoms with Gasteiger partial charge in [-0.1, -0.05) is 11.3 Å². The fourth-order valence-corrected chi connectivity index (χ4v) is 4.00. The van der Waals surface area contributed by atoms with Crippen molar-refractivity contribution in [3.8, 4) is 0 Å². The third-order valence-corrected chi connectivity index (χ3v) is 5.36. The Morgan fingerprint density at radius 3 is 2.77 bits per heavy atom. The number of nitrogens with zero attached hydrogens (tertiary/aromatic N) is 4. The molecule has 1 unspecified atom stereocenters. The largest absolute Gasteiger partial charge is 0.435 e. The van der Waals surface area contributed by atoms with Crippen molar-refractivity contribution in [2.24, 2.45) is 0 Å². The molecule has 0 amide bonds. The second-order valence-electron chi connectivity index (χ2n) is 5.03. The lowest BCUT2D eigenvalue weighted by atomic mass is 10.2. The highest BCUT2D eigenvalue weighted by atomic mass is 79.9. The van der Waals surface area contributed by atoms with Gasteiger partial charge in [0.2, 0.25) is 0 Å². The zero-order valence-electron chi connectivity index (χ0n) is 11.6. The summed E-state index contributed by atoms with van der Waals surface area (Å²) in [6, 6.07) is 0.000706. The number of alkyl halides is 3. The molecule has 0 spiro atoms. The van der Waals surface area contributed by atoms with Gasteiger partial charge in [-0.05, 0) is 23.0 Å². The second kappa shape index (κ2) is 5.82. The third-order valence-electron chi connectivity index (χ3n) is 3.60. The molecule has 2 aromatic rings. The number of H-pyrrole nitrogens is 1. The van der Waals surface area contributed by atoms with E-state index in [1.54, 1.807) is 12.4 Å². The summed E-state index contributed by atoms with van der Waals surface area (Å²) in [5.74, 6) is 0.805. The van der Waals surface area contributed by atoms with Crippen LogP contribution in [-0.4, -0.2) is 46.5 Å². The number of hydrogen-bond donors (Lipinski definition) is 1. The summed E-state index contributed by atoms with van der Waals surface area (Å²) in [6.07, 6.45) is -1.03. The van der Waals surface area contributed by atoms with Crippen molar-refractivity contribution < 1.29 is 13.2 Å². The summed E-state index contributed by atoms with van der Waals surface area (Å²) in [7, 11) is 1.98. The van der Waals surface area contributed by atoms with Crippen molar-refractivity contribution in [3.63, 3.8) is 0 Å². The molecule has 0 saturated carbocycles. The van der Waals surface area contributed by atoms with Gasteiger partial charge in [0.05, 0.1) is 6.04 Å². The number of hydrogen-bond acceptors (Lipinski definition) is 5. The van der Waals surface area contributed by atoms with Gasteiger partial charge in [0.1, 0.15) is 9.61 Å². The third kappa shape index (κ3) is 2.99. The number of nitrogens with one attached hydrogen (secondary N) is 1. The van der Waals surface area contributed by atoms with Crippen LogP contribution in [-0.2, 0) is 6.18 Å². The number of halogens is 4. The maximum absolute atomic E-state index is 12.9. The van der Waals surface area contributed by atoms with E-state index in [0.717, 1.165) is 23.7 Å². The molecular weight excluding hydrogens is 383 g/mol. The minimum Gasteiger partial charge on any atom is -0.347 e. The smallest absolute Gasteiger partial charge is 0.347 e. The number of aromatic nitrogens is 3. The van der Waals surface area contributed by atoms with Gasteiger partial charge in [0.25, 0.3) is 0 Å². The first-order valence-electron chi connectivity index (χ1n) is 6.54. The van der Waals surface area contributed by atoms with Gasteiger partial charge in [-0.25, -0.2) is 9.97 Å². The van der Waals surface area contributed by atoms with Gasteiger partial charge in [-0.3, -0.25) is 4.90 Å². The molecule has 0 radical (unpaired) electrons. The molecule has 0 aliphatic carbocycles. The Kier molecular flexibility index (Phi) is 4.17. The molecular formula is C12H13BrF3N5S. The molecule has 3 heterocycles. The lowest BCUT2D eigenvalue weighted by Gasteiger charge is -2.38. The van der Waals surface area contributed by atoms with Crippen LogP contribution in [0.4, 0.5) is 18.3 Å². The average molecular weight is 396 g/mol. The molecule has 3 rings (SSSR count). The summed E-state index contributed by atoms with van der Waals surface area (Å²) in [5.41, 5.74) is -0.860. The van der Waals surface area contributed by atoms with Crippen LogP contribution < -0.4 is 4.90 Å². The zero-order chi connectivity index (χ0) is 15.9. The highest BCUT2D eigenvalue weighted by molar-refractivity contribution is 9.11. The molecule has 120 valence electrons. The van der Waals surface area contributed by atoms with Crippen LogP contribution in [0.15, 0.2) is 16.2 Å². The zero-order valence-corrected chi connectivity index (χ0v) is 14.0. The van der Waals surface area contributed by atoms with Gasteiger partial charge >= 0.3 is 6.18 Å². The van der Waals surface area contributed by atoms with E-state index in [1.807, 2.05) is 11.9 Å². The second-order valence-corrected chi connectivity index (χ2v) is 7.33. The average Bonchev–Trinajstić information content (AvgIpc) is 3.07. The SMILES string of the molecule is CN1CCN(c2nc(C(F)(F)F)c(Br)s2)CC1c1ncc[nH]1. The van der Waals surface area contributed by atoms with Gasteiger partial charge in [-0.2, -0.15) is 13.2 Å². The van der Waals surface area contributed by atoms with Crippen LogP contribution in [0.25, 0.3) is 0 Å². The van der Waals surface area contributed by atoms with E-state index in [9.17, 15) is 13.2 Å². The number of piperazine rings is 1. The Morgan fingerprint density at radius 1 is 1.41 bits per heavy atom. The van der Waals surface area contributed by atoms with Gasteiger partial charge in [-0.15, -0.1) is 0 Å². The van der Waals surface area contributed by atoms with Crippen molar-refractivity contribution in [2.45, 2.75) is 12.2 Å². The van der Waals surface area contributed by atoms with E-state index in [4.69, 9.17) is 0 Å². The molecule has 0 bridgehead atoms. The number of anilines is 1. The molecule has 5 nitrogen and oxygen atoms in total. The van der Waals surface area contributed by atoms with Crippen LogP contribution in [0.3, 0.4) is 0 Å². The molecule has 1 aliphatic rings. The highest BCUT2D eigenvalue weighted by Crippen LogP contribution is 2.41. The number of likely N-dealkylation sites (N-methyl/N-ethyl adjacent to an activating group) is 1. The van der Waals surface area contributed by atoms with Crippen molar-refractivity contribution >= 4 is 32.4 Å². The van der Waals surface area contributed by atoms with Crippen molar-refractivity contribution in [2.75, 3.05) is 31.6 Å². The minimum absolute atomic E-state index is 0.000706. The van der Waals surface area contributed by atoms with E-state index >= 15 is 0 Å². The van der Waals surface area contributed by atoms with Gasteiger partial charge in [0, 0.05) is 32.0 Å².